The molecule has 0 bridgehead atoms. The highest BCUT2D eigenvalue weighted by Crippen LogP contribution is 2.20. The second-order valence-corrected chi connectivity index (χ2v) is 3.50. The van der Waals surface area contributed by atoms with Crippen molar-refractivity contribution in [2.45, 2.75) is 6.04 Å². The Bertz CT molecular complexity index is 475. The van der Waals surface area contributed by atoms with Gasteiger partial charge in [0, 0.05) is 6.07 Å². The summed E-state index contributed by atoms with van der Waals surface area (Å²) in [5.74, 6) is 6.10. The van der Waals surface area contributed by atoms with Crippen molar-refractivity contribution in [1.29, 1.82) is 0 Å². The SMILES string of the molecule is COc1cc(C(NN)c2ccccc2)ncn1. The van der Waals surface area contributed by atoms with E-state index in [4.69, 9.17) is 10.6 Å². The quantitative estimate of drug-likeness (QED) is 0.606. The van der Waals surface area contributed by atoms with Crippen LogP contribution in [0.3, 0.4) is 0 Å². The molecule has 0 aliphatic carbocycles. The van der Waals surface area contributed by atoms with Gasteiger partial charge in [0.25, 0.3) is 0 Å². The molecule has 1 heterocycles. The van der Waals surface area contributed by atoms with Crippen molar-refractivity contribution in [3.8, 4) is 5.88 Å². The minimum atomic E-state index is -0.173. The van der Waals surface area contributed by atoms with Gasteiger partial charge in [-0.2, -0.15) is 0 Å². The third-order valence-corrected chi connectivity index (χ3v) is 2.47. The molecular formula is C12H14N4O. The number of hydrogen-bond acceptors (Lipinski definition) is 5. The first-order valence-electron chi connectivity index (χ1n) is 5.22. The number of aromatic nitrogens is 2. The smallest absolute Gasteiger partial charge is 0.216 e. The molecule has 2 aromatic rings. The van der Waals surface area contributed by atoms with Crippen LogP contribution in [0.1, 0.15) is 17.3 Å². The zero-order valence-corrected chi connectivity index (χ0v) is 9.50. The Hall–Kier alpha value is -1.98. The number of hydrazine groups is 1. The molecule has 0 saturated carbocycles. The molecule has 5 heteroatoms. The highest BCUT2D eigenvalue weighted by Gasteiger charge is 2.14. The van der Waals surface area contributed by atoms with Gasteiger partial charge in [0.1, 0.15) is 6.33 Å². The van der Waals surface area contributed by atoms with Crippen molar-refractivity contribution in [2.75, 3.05) is 7.11 Å². The van der Waals surface area contributed by atoms with Gasteiger partial charge in [-0.3, -0.25) is 5.84 Å². The molecule has 2 rings (SSSR count). The highest BCUT2D eigenvalue weighted by molar-refractivity contribution is 5.29. The molecule has 0 aliphatic heterocycles. The van der Waals surface area contributed by atoms with Gasteiger partial charge in [-0.15, -0.1) is 0 Å². The first-order chi connectivity index (χ1) is 8.35. The molecule has 0 saturated heterocycles. The normalized spacial score (nSPS) is 12.1. The third kappa shape index (κ3) is 2.58. The monoisotopic (exact) mass is 230 g/mol. The summed E-state index contributed by atoms with van der Waals surface area (Å²) < 4.78 is 5.07. The average Bonchev–Trinajstić information content (AvgIpc) is 2.41. The zero-order chi connectivity index (χ0) is 12.1. The zero-order valence-electron chi connectivity index (χ0n) is 9.50. The van der Waals surface area contributed by atoms with Crippen LogP contribution in [0.2, 0.25) is 0 Å². The number of hydrogen-bond donors (Lipinski definition) is 2. The summed E-state index contributed by atoms with van der Waals surface area (Å²) in [6, 6.07) is 11.4. The fourth-order valence-corrected chi connectivity index (χ4v) is 1.62. The standard InChI is InChI=1S/C12H14N4O/c1-17-11-7-10(14-8-15-11)12(16-13)9-5-3-2-4-6-9/h2-8,12,16H,13H2,1H3. The maximum absolute atomic E-state index is 5.58. The van der Waals surface area contributed by atoms with Crippen LogP contribution in [0, 0.1) is 0 Å². The summed E-state index contributed by atoms with van der Waals surface area (Å²) in [6.07, 6.45) is 1.46. The van der Waals surface area contributed by atoms with Gasteiger partial charge in [0.05, 0.1) is 18.8 Å². The third-order valence-electron chi connectivity index (χ3n) is 2.47. The maximum atomic E-state index is 5.58. The molecule has 88 valence electrons. The summed E-state index contributed by atoms with van der Waals surface area (Å²) in [4.78, 5) is 8.17. The molecule has 0 fully saturated rings. The van der Waals surface area contributed by atoms with Crippen LogP contribution in [-0.2, 0) is 0 Å². The van der Waals surface area contributed by atoms with Gasteiger partial charge < -0.3 is 4.74 Å². The summed E-state index contributed by atoms with van der Waals surface area (Å²) in [5, 5.41) is 0. The highest BCUT2D eigenvalue weighted by atomic mass is 16.5. The molecule has 1 unspecified atom stereocenters. The molecule has 0 spiro atoms. The number of nitrogens with two attached hydrogens (primary N) is 1. The lowest BCUT2D eigenvalue weighted by molar-refractivity contribution is 0.395. The van der Waals surface area contributed by atoms with E-state index in [1.54, 1.807) is 13.2 Å². The fraction of sp³-hybridized carbons (Fsp3) is 0.167. The second kappa shape index (κ2) is 5.38. The topological polar surface area (TPSA) is 73.1 Å². The van der Waals surface area contributed by atoms with Crippen LogP contribution >= 0.6 is 0 Å². The van der Waals surface area contributed by atoms with E-state index >= 15 is 0 Å². The van der Waals surface area contributed by atoms with Crippen molar-refractivity contribution in [3.05, 3.63) is 54.0 Å². The number of ether oxygens (including phenoxy) is 1. The van der Waals surface area contributed by atoms with E-state index in [9.17, 15) is 0 Å². The van der Waals surface area contributed by atoms with Crippen molar-refractivity contribution in [1.82, 2.24) is 15.4 Å². The summed E-state index contributed by atoms with van der Waals surface area (Å²) in [5.41, 5.74) is 4.55. The molecule has 1 aromatic carbocycles. The van der Waals surface area contributed by atoms with Gasteiger partial charge in [0.2, 0.25) is 5.88 Å². The van der Waals surface area contributed by atoms with Gasteiger partial charge in [-0.05, 0) is 5.56 Å². The van der Waals surface area contributed by atoms with Crippen LogP contribution in [0.15, 0.2) is 42.7 Å². The average molecular weight is 230 g/mol. The largest absolute Gasteiger partial charge is 0.481 e. The Morgan fingerprint density at radius 1 is 1.24 bits per heavy atom. The number of methoxy groups -OCH3 is 1. The van der Waals surface area contributed by atoms with E-state index < -0.39 is 0 Å². The minimum absolute atomic E-state index is 0.173. The van der Waals surface area contributed by atoms with E-state index in [-0.39, 0.29) is 6.04 Å². The van der Waals surface area contributed by atoms with E-state index in [1.807, 2.05) is 30.3 Å². The van der Waals surface area contributed by atoms with Gasteiger partial charge in [0.15, 0.2) is 0 Å². The second-order valence-electron chi connectivity index (χ2n) is 3.50. The van der Waals surface area contributed by atoms with Crippen LogP contribution < -0.4 is 16.0 Å². The molecule has 3 N–H and O–H groups in total. The number of nitrogens with one attached hydrogen (secondary N) is 1. The van der Waals surface area contributed by atoms with Gasteiger partial charge in [-0.1, -0.05) is 30.3 Å². The molecule has 0 amide bonds. The van der Waals surface area contributed by atoms with Crippen LogP contribution in [-0.4, -0.2) is 17.1 Å². The summed E-state index contributed by atoms with van der Waals surface area (Å²) in [7, 11) is 1.57. The van der Waals surface area contributed by atoms with Crippen LogP contribution in [0.5, 0.6) is 5.88 Å². The Kier molecular flexibility index (Phi) is 3.64. The molecule has 1 atom stereocenters. The van der Waals surface area contributed by atoms with Crippen molar-refractivity contribution >= 4 is 0 Å². The fourth-order valence-electron chi connectivity index (χ4n) is 1.62. The molecule has 1 aromatic heterocycles. The number of nitrogens with zero attached hydrogens (tertiary/aromatic N) is 2. The number of benzene rings is 1. The lowest BCUT2D eigenvalue weighted by Crippen LogP contribution is -2.29. The molecule has 0 radical (unpaired) electrons. The maximum Gasteiger partial charge on any atom is 0.216 e. The Morgan fingerprint density at radius 2 is 2.00 bits per heavy atom. The minimum Gasteiger partial charge on any atom is -0.481 e. The predicted octanol–water partition coefficient (Wildman–Crippen LogP) is 1.04. The lowest BCUT2D eigenvalue weighted by atomic mass is 10.0. The summed E-state index contributed by atoms with van der Waals surface area (Å²) in [6.45, 7) is 0. The Morgan fingerprint density at radius 3 is 2.65 bits per heavy atom. The first-order valence-corrected chi connectivity index (χ1v) is 5.22. The van der Waals surface area contributed by atoms with Crippen molar-refractivity contribution in [3.63, 3.8) is 0 Å². The van der Waals surface area contributed by atoms with Gasteiger partial charge >= 0.3 is 0 Å². The van der Waals surface area contributed by atoms with E-state index in [2.05, 4.69) is 15.4 Å². The Labute approximate surface area is 99.6 Å². The molecule has 5 nitrogen and oxygen atoms in total. The molecule has 0 aliphatic rings. The van der Waals surface area contributed by atoms with Crippen LogP contribution in [0.25, 0.3) is 0 Å². The lowest BCUT2D eigenvalue weighted by Gasteiger charge is -2.15. The van der Waals surface area contributed by atoms with E-state index in [1.165, 1.54) is 6.33 Å². The summed E-state index contributed by atoms with van der Waals surface area (Å²) >= 11 is 0. The van der Waals surface area contributed by atoms with E-state index in [0.717, 1.165) is 11.3 Å². The van der Waals surface area contributed by atoms with Crippen molar-refractivity contribution < 1.29 is 4.74 Å². The molecular weight excluding hydrogens is 216 g/mol. The van der Waals surface area contributed by atoms with E-state index in [0.29, 0.717) is 5.88 Å². The Balaban J connectivity index is 2.35. The predicted molar refractivity (Wildman–Crippen MR) is 64.2 cm³/mol. The first kappa shape index (κ1) is 11.5. The van der Waals surface area contributed by atoms with Gasteiger partial charge in [-0.25, -0.2) is 15.4 Å². The molecule has 17 heavy (non-hydrogen) atoms. The number of rotatable bonds is 4. The van der Waals surface area contributed by atoms with Crippen molar-refractivity contribution in [2.24, 2.45) is 5.84 Å². The van der Waals surface area contributed by atoms with Crippen LogP contribution in [0.4, 0.5) is 0 Å².